The molecule has 0 unspecified atom stereocenters. The highest BCUT2D eigenvalue weighted by atomic mass is 16.2. The first kappa shape index (κ1) is 27.6. The van der Waals surface area contributed by atoms with Crippen molar-refractivity contribution < 1.29 is 9.59 Å². The number of hydrogen-bond acceptors (Lipinski definition) is 4. The predicted molar refractivity (Wildman–Crippen MR) is 130 cm³/mol. The summed E-state index contributed by atoms with van der Waals surface area (Å²) in [6.45, 7) is 17.0. The van der Waals surface area contributed by atoms with E-state index in [-0.39, 0.29) is 17.1 Å². The first-order valence-corrected chi connectivity index (χ1v) is 12.1. The minimum absolute atomic E-state index is 0.154. The van der Waals surface area contributed by atoms with Gasteiger partial charge in [0.05, 0.1) is 0 Å². The molecule has 2 rings (SSSR count). The van der Waals surface area contributed by atoms with Gasteiger partial charge in [-0.3, -0.25) is 0 Å². The van der Waals surface area contributed by atoms with Crippen LogP contribution in [0.3, 0.4) is 0 Å². The van der Waals surface area contributed by atoms with Gasteiger partial charge < -0.3 is 10.6 Å². The Labute approximate surface area is 191 Å². The third kappa shape index (κ3) is 8.18. The van der Waals surface area contributed by atoms with Gasteiger partial charge in [0.25, 0.3) is 0 Å². The molecule has 2 N–H and O–H groups in total. The molecule has 31 heavy (non-hydrogen) atoms. The van der Waals surface area contributed by atoms with Crippen LogP contribution in [0.25, 0.3) is 0 Å². The van der Waals surface area contributed by atoms with Gasteiger partial charge in [-0.05, 0) is 68.9 Å². The molecule has 4 heteroatoms. The molecule has 0 amide bonds. The molecule has 0 aromatic carbocycles. The number of hydrogen-bond donors (Lipinski definition) is 2. The Hall–Kier alpha value is -1.48. The molecule has 3 atom stereocenters. The number of allylic oxidation sites excluding steroid dienone is 5. The summed E-state index contributed by atoms with van der Waals surface area (Å²) < 4.78 is 0. The summed E-state index contributed by atoms with van der Waals surface area (Å²) in [5.74, 6) is 1.35. The molecule has 0 aliphatic heterocycles. The van der Waals surface area contributed by atoms with E-state index in [1.54, 1.807) is 0 Å². The van der Waals surface area contributed by atoms with E-state index < -0.39 is 0 Å². The van der Waals surface area contributed by atoms with Gasteiger partial charge in [-0.15, -0.1) is 0 Å². The van der Waals surface area contributed by atoms with E-state index in [0.717, 1.165) is 19.0 Å². The number of likely N-dealkylation sites (N-methyl/N-ethyl adjacent to an activating group) is 1. The average Bonchev–Trinajstić information content (AvgIpc) is 3.02. The molecular weight excluding hydrogens is 384 g/mol. The number of rotatable bonds is 8. The molecule has 2 fully saturated rings. The summed E-state index contributed by atoms with van der Waals surface area (Å²) in [6.07, 6.45) is 17.6. The molecule has 0 saturated heterocycles. The van der Waals surface area contributed by atoms with E-state index in [9.17, 15) is 0 Å². The predicted octanol–water partition coefficient (Wildman–Crippen LogP) is 5.82. The second kappa shape index (κ2) is 13.2. The number of carbonyl (C=O) groups excluding carboxylic acids is 2. The van der Waals surface area contributed by atoms with Crippen LogP contribution in [0.2, 0.25) is 0 Å². The lowest BCUT2D eigenvalue weighted by Gasteiger charge is -2.41. The Morgan fingerprint density at radius 2 is 1.74 bits per heavy atom. The normalized spacial score (nSPS) is 27.6. The molecule has 2 aliphatic rings. The lowest BCUT2D eigenvalue weighted by atomic mass is 9.77. The quantitative estimate of drug-likeness (QED) is 0.476. The molecule has 4 nitrogen and oxygen atoms in total. The van der Waals surface area contributed by atoms with Crippen molar-refractivity contribution in [3.8, 4) is 0 Å². The van der Waals surface area contributed by atoms with Crippen LogP contribution in [0.4, 0.5) is 0 Å². The summed E-state index contributed by atoms with van der Waals surface area (Å²) >= 11 is 0. The van der Waals surface area contributed by atoms with Crippen molar-refractivity contribution in [3.63, 3.8) is 0 Å². The molecule has 0 radical (unpaired) electrons. The highest BCUT2D eigenvalue weighted by Crippen LogP contribution is 2.44. The van der Waals surface area contributed by atoms with Gasteiger partial charge in [0.15, 0.2) is 0 Å². The standard InChI is InChI=1S/C26H46N2.CO2/c1-8-12-22(25(4,5)6)17-20(2)18-23-16-15-21(3)26(23,27-7)19-28-24-13-10-9-11-14-24;2-1-3/h8,12,17,21,23-24,27-28H,2,9-11,13-16,18-19H2,1,3-7H3;/b12-8-,22-17+;/t21-,23-,26-;/m1./s1. The zero-order chi connectivity index (χ0) is 23.5. The first-order valence-electron chi connectivity index (χ1n) is 12.1. The maximum Gasteiger partial charge on any atom is 0.373 e. The van der Waals surface area contributed by atoms with Crippen LogP contribution in [-0.2, 0) is 9.59 Å². The van der Waals surface area contributed by atoms with E-state index in [0.29, 0.717) is 11.8 Å². The van der Waals surface area contributed by atoms with Crippen LogP contribution < -0.4 is 10.6 Å². The van der Waals surface area contributed by atoms with Crippen molar-refractivity contribution in [1.82, 2.24) is 10.6 Å². The van der Waals surface area contributed by atoms with Crippen LogP contribution in [0.1, 0.15) is 86.0 Å². The highest BCUT2D eigenvalue weighted by molar-refractivity contribution is 5.33. The van der Waals surface area contributed by atoms with Gasteiger partial charge in [-0.25, -0.2) is 0 Å². The van der Waals surface area contributed by atoms with Crippen LogP contribution >= 0.6 is 0 Å². The maximum absolute atomic E-state index is 8.12. The van der Waals surface area contributed by atoms with Gasteiger partial charge in [0, 0.05) is 18.1 Å². The summed E-state index contributed by atoms with van der Waals surface area (Å²) in [6, 6.07) is 0.720. The zero-order valence-electron chi connectivity index (χ0n) is 20.9. The maximum atomic E-state index is 8.12. The molecule has 0 heterocycles. The van der Waals surface area contributed by atoms with Gasteiger partial charge in [-0.2, -0.15) is 9.59 Å². The van der Waals surface area contributed by atoms with Crippen LogP contribution in [0, 0.1) is 17.3 Å². The molecule has 0 bridgehead atoms. The van der Waals surface area contributed by atoms with Crippen molar-refractivity contribution in [3.05, 3.63) is 36.0 Å². The van der Waals surface area contributed by atoms with Gasteiger partial charge >= 0.3 is 6.15 Å². The molecule has 176 valence electrons. The molecule has 0 aromatic rings. The zero-order valence-corrected chi connectivity index (χ0v) is 20.9. The van der Waals surface area contributed by atoms with E-state index in [2.05, 4.69) is 77.1 Å². The van der Waals surface area contributed by atoms with E-state index in [1.165, 1.54) is 56.1 Å². The SMILES string of the molecule is C=C(/C=C(\C=C/C)C(C)(C)C)C[C@H]1CC[C@@H](C)[C@@]1(CNC1CCCCC1)NC.O=C=O. The van der Waals surface area contributed by atoms with Crippen molar-refractivity contribution in [2.24, 2.45) is 17.3 Å². The largest absolute Gasteiger partial charge is 0.373 e. The molecule has 2 saturated carbocycles. The molecule has 0 aromatic heterocycles. The average molecular weight is 431 g/mol. The lowest BCUT2D eigenvalue weighted by Crippen LogP contribution is -2.58. The highest BCUT2D eigenvalue weighted by Gasteiger charge is 2.46. The summed E-state index contributed by atoms with van der Waals surface area (Å²) in [5, 5.41) is 7.75. The van der Waals surface area contributed by atoms with Crippen molar-refractivity contribution in [2.45, 2.75) is 97.6 Å². The van der Waals surface area contributed by atoms with Gasteiger partial charge in [0.2, 0.25) is 0 Å². The van der Waals surface area contributed by atoms with Crippen LogP contribution in [0.15, 0.2) is 36.0 Å². The van der Waals surface area contributed by atoms with Gasteiger partial charge in [0.1, 0.15) is 0 Å². The monoisotopic (exact) mass is 430 g/mol. The first-order chi connectivity index (χ1) is 14.6. The summed E-state index contributed by atoms with van der Waals surface area (Å²) in [7, 11) is 2.18. The van der Waals surface area contributed by atoms with Crippen molar-refractivity contribution in [1.29, 1.82) is 0 Å². The Morgan fingerprint density at radius 3 is 2.26 bits per heavy atom. The fourth-order valence-electron chi connectivity index (χ4n) is 5.42. The van der Waals surface area contributed by atoms with E-state index >= 15 is 0 Å². The Balaban J connectivity index is 0.00000151. The molecular formula is C27H46N2O2. The summed E-state index contributed by atoms with van der Waals surface area (Å²) in [4.78, 5) is 16.2. The Kier molecular flexibility index (Phi) is 11.7. The van der Waals surface area contributed by atoms with E-state index in [4.69, 9.17) is 9.59 Å². The second-order valence-corrected chi connectivity index (χ2v) is 10.5. The van der Waals surface area contributed by atoms with Crippen molar-refractivity contribution >= 4 is 6.15 Å². The second-order valence-electron chi connectivity index (χ2n) is 10.5. The smallest absolute Gasteiger partial charge is 0.313 e. The Morgan fingerprint density at radius 1 is 1.13 bits per heavy atom. The third-order valence-corrected chi connectivity index (χ3v) is 7.39. The Bertz CT molecular complexity index is 647. The fourth-order valence-corrected chi connectivity index (χ4v) is 5.42. The number of nitrogens with one attached hydrogen (secondary N) is 2. The topological polar surface area (TPSA) is 58.2 Å². The fraction of sp³-hybridized carbons (Fsp3) is 0.741. The third-order valence-electron chi connectivity index (χ3n) is 7.39. The van der Waals surface area contributed by atoms with Crippen LogP contribution in [0.5, 0.6) is 0 Å². The van der Waals surface area contributed by atoms with Crippen LogP contribution in [-0.4, -0.2) is 31.3 Å². The minimum atomic E-state index is 0.154. The minimum Gasteiger partial charge on any atom is -0.313 e. The van der Waals surface area contributed by atoms with Gasteiger partial charge in [-0.1, -0.05) is 77.3 Å². The molecule has 2 aliphatic carbocycles. The van der Waals surface area contributed by atoms with E-state index in [1.807, 2.05) is 0 Å². The molecule has 0 spiro atoms. The van der Waals surface area contributed by atoms with Crippen molar-refractivity contribution in [2.75, 3.05) is 13.6 Å². The lowest BCUT2D eigenvalue weighted by molar-refractivity contribution is -0.191. The summed E-state index contributed by atoms with van der Waals surface area (Å²) in [5.41, 5.74) is 3.00.